The van der Waals surface area contributed by atoms with Crippen LogP contribution in [0.3, 0.4) is 0 Å². The molecule has 0 aliphatic carbocycles. The van der Waals surface area contributed by atoms with Gasteiger partial charge in [0.25, 0.3) is 0 Å². The summed E-state index contributed by atoms with van der Waals surface area (Å²) < 4.78 is 5.18. The lowest BCUT2D eigenvalue weighted by Gasteiger charge is -2.34. The number of piperidine rings is 1. The number of carbonyl (C=O) groups is 2. The second kappa shape index (κ2) is 8.87. The topological polar surface area (TPSA) is 49.9 Å². The molecule has 2 heterocycles. The number of rotatable bonds is 6. The number of hydrogen-bond donors (Lipinski definition) is 0. The van der Waals surface area contributed by atoms with E-state index in [0.717, 1.165) is 44.6 Å². The largest absolute Gasteiger partial charge is 0.384 e. The third-order valence-electron chi connectivity index (χ3n) is 5.44. The number of nitrogens with zero attached hydrogens (tertiary/aromatic N) is 2. The quantitative estimate of drug-likeness (QED) is 0.764. The molecule has 3 rings (SSSR count). The standard InChI is InChI=1S/C20H27ClN2O3/c1-26-14-16-10-19(24)23(13-16)12-15-6-8-22(9-7-15)20(25)11-17-4-2-3-5-18(17)21/h2-5,15-16H,6-14H2,1H3. The number of likely N-dealkylation sites (tertiary alicyclic amines) is 2. The molecule has 1 aromatic carbocycles. The molecule has 2 aliphatic rings. The van der Waals surface area contributed by atoms with Crippen LogP contribution in [0.4, 0.5) is 0 Å². The maximum atomic E-state index is 12.5. The molecular weight excluding hydrogens is 352 g/mol. The lowest BCUT2D eigenvalue weighted by molar-refractivity contribution is -0.133. The highest BCUT2D eigenvalue weighted by molar-refractivity contribution is 6.31. The summed E-state index contributed by atoms with van der Waals surface area (Å²) in [5, 5.41) is 0.647. The van der Waals surface area contributed by atoms with Gasteiger partial charge in [-0.3, -0.25) is 9.59 Å². The van der Waals surface area contributed by atoms with Crippen molar-refractivity contribution in [2.75, 3.05) is 39.9 Å². The summed E-state index contributed by atoms with van der Waals surface area (Å²) >= 11 is 6.16. The summed E-state index contributed by atoms with van der Waals surface area (Å²) in [4.78, 5) is 28.6. The minimum atomic E-state index is 0.133. The van der Waals surface area contributed by atoms with Crippen LogP contribution in [0.15, 0.2) is 24.3 Å². The van der Waals surface area contributed by atoms with Gasteiger partial charge in [0.1, 0.15) is 0 Å². The smallest absolute Gasteiger partial charge is 0.227 e. The second-order valence-electron chi connectivity index (χ2n) is 7.42. The molecule has 1 unspecified atom stereocenters. The van der Waals surface area contributed by atoms with E-state index in [0.29, 0.717) is 36.3 Å². The number of methoxy groups -OCH3 is 1. The fourth-order valence-corrected chi connectivity index (χ4v) is 4.17. The van der Waals surface area contributed by atoms with Gasteiger partial charge in [-0.15, -0.1) is 0 Å². The Morgan fingerprint density at radius 2 is 1.96 bits per heavy atom. The van der Waals surface area contributed by atoms with Gasteiger partial charge in [-0.1, -0.05) is 29.8 Å². The Kier molecular flexibility index (Phi) is 6.54. The molecule has 2 fully saturated rings. The van der Waals surface area contributed by atoms with Crippen molar-refractivity contribution in [2.45, 2.75) is 25.7 Å². The van der Waals surface area contributed by atoms with Gasteiger partial charge in [-0.2, -0.15) is 0 Å². The zero-order chi connectivity index (χ0) is 18.5. The molecule has 0 aromatic heterocycles. The Bertz CT molecular complexity index is 644. The minimum Gasteiger partial charge on any atom is -0.384 e. The molecule has 2 saturated heterocycles. The molecule has 0 N–H and O–H groups in total. The normalized spacial score (nSPS) is 21.5. The van der Waals surface area contributed by atoms with Crippen LogP contribution in [0.25, 0.3) is 0 Å². The predicted molar refractivity (Wildman–Crippen MR) is 101 cm³/mol. The third kappa shape index (κ3) is 4.77. The lowest BCUT2D eigenvalue weighted by Crippen LogP contribution is -2.42. The van der Waals surface area contributed by atoms with Gasteiger partial charge in [0.15, 0.2) is 0 Å². The fourth-order valence-electron chi connectivity index (χ4n) is 3.97. The first-order valence-corrected chi connectivity index (χ1v) is 9.72. The summed E-state index contributed by atoms with van der Waals surface area (Å²) in [6.07, 6.45) is 2.86. The Morgan fingerprint density at radius 3 is 2.65 bits per heavy atom. The number of hydrogen-bond acceptors (Lipinski definition) is 3. The van der Waals surface area contributed by atoms with Crippen molar-refractivity contribution in [3.05, 3.63) is 34.9 Å². The summed E-state index contributed by atoms with van der Waals surface area (Å²) in [6.45, 7) is 3.79. The zero-order valence-corrected chi connectivity index (χ0v) is 16.1. The summed E-state index contributed by atoms with van der Waals surface area (Å²) in [7, 11) is 1.68. The lowest BCUT2D eigenvalue weighted by atomic mass is 9.95. The monoisotopic (exact) mass is 378 g/mol. The molecule has 6 heteroatoms. The van der Waals surface area contributed by atoms with E-state index in [1.165, 1.54) is 0 Å². The molecule has 1 aromatic rings. The Balaban J connectivity index is 1.45. The van der Waals surface area contributed by atoms with E-state index in [4.69, 9.17) is 16.3 Å². The summed E-state index contributed by atoms with van der Waals surface area (Å²) in [6, 6.07) is 7.51. The van der Waals surface area contributed by atoms with Crippen LogP contribution in [0.1, 0.15) is 24.8 Å². The van der Waals surface area contributed by atoms with Gasteiger partial charge < -0.3 is 14.5 Å². The minimum absolute atomic E-state index is 0.133. The van der Waals surface area contributed by atoms with Crippen LogP contribution in [0.2, 0.25) is 5.02 Å². The van der Waals surface area contributed by atoms with Gasteiger partial charge in [0.05, 0.1) is 13.0 Å². The van der Waals surface area contributed by atoms with E-state index in [1.807, 2.05) is 34.1 Å². The molecule has 0 spiro atoms. The predicted octanol–water partition coefficient (Wildman–Crippen LogP) is 2.62. The van der Waals surface area contributed by atoms with Crippen molar-refractivity contribution >= 4 is 23.4 Å². The molecule has 2 aliphatic heterocycles. The molecule has 142 valence electrons. The zero-order valence-electron chi connectivity index (χ0n) is 15.3. The SMILES string of the molecule is COCC1CC(=O)N(CC2CCN(C(=O)Cc3ccccc3Cl)CC2)C1. The molecule has 0 radical (unpaired) electrons. The maximum Gasteiger partial charge on any atom is 0.227 e. The first-order chi connectivity index (χ1) is 12.6. The van der Waals surface area contributed by atoms with Crippen LogP contribution >= 0.6 is 11.6 Å². The first kappa shape index (κ1) is 19.2. The number of ether oxygens (including phenoxy) is 1. The van der Waals surface area contributed by atoms with E-state index in [2.05, 4.69) is 0 Å². The van der Waals surface area contributed by atoms with Crippen LogP contribution < -0.4 is 0 Å². The number of carbonyl (C=O) groups excluding carboxylic acids is 2. The number of benzene rings is 1. The van der Waals surface area contributed by atoms with Gasteiger partial charge in [0.2, 0.25) is 11.8 Å². The van der Waals surface area contributed by atoms with Crippen molar-refractivity contribution in [3.63, 3.8) is 0 Å². The van der Waals surface area contributed by atoms with E-state index < -0.39 is 0 Å². The van der Waals surface area contributed by atoms with Gasteiger partial charge in [-0.25, -0.2) is 0 Å². The maximum absolute atomic E-state index is 12.5. The van der Waals surface area contributed by atoms with E-state index in [9.17, 15) is 9.59 Å². The first-order valence-electron chi connectivity index (χ1n) is 9.34. The van der Waals surface area contributed by atoms with Crippen LogP contribution in [-0.2, 0) is 20.7 Å². The Morgan fingerprint density at radius 1 is 1.23 bits per heavy atom. The molecule has 0 saturated carbocycles. The van der Waals surface area contributed by atoms with Crippen molar-refractivity contribution < 1.29 is 14.3 Å². The van der Waals surface area contributed by atoms with Crippen LogP contribution in [-0.4, -0.2) is 61.5 Å². The molecule has 2 amide bonds. The van der Waals surface area contributed by atoms with Crippen LogP contribution in [0, 0.1) is 11.8 Å². The van der Waals surface area contributed by atoms with E-state index >= 15 is 0 Å². The number of halogens is 1. The third-order valence-corrected chi connectivity index (χ3v) is 5.81. The Labute approximate surface area is 160 Å². The molecule has 5 nitrogen and oxygen atoms in total. The van der Waals surface area contributed by atoms with Crippen molar-refractivity contribution in [1.29, 1.82) is 0 Å². The highest BCUT2D eigenvalue weighted by Crippen LogP contribution is 2.25. The van der Waals surface area contributed by atoms with E-state index in [1.54, 1.807) is 7.11 Å². The van der Waals surface area contributed by atoms with Crippen molar-refractivity contribution in [2.24, 2.45) is 11.8 Å². The highest BCUT2D eigenvalue weighted by atomic mass is 35.5. The van der Waals surface area contributed by atoms with Gasteiger partial charge >= 0.3 is 0 Å². The van der Waals surface area contributed by atoms with Gasteiger partial charge in [0, 0.05) is 50.7 Å². The fraction of sp³-hybridized carbons (Fsp3) is 0.600. The van der Waals surface area contributed by atoms with Crippen LogP contribution in [0.5, 0.6) is 0 Å². The molecule has 0 bridgehead atoms. The summed E-state index contributed by atoms with van der Waals surface area (Å²) in [5.41, 5.74) is 0.883. The second-order valence-corrected chi connectivity index (χ2v) is 7.82. The van der Waals surface area contributed by atoms with Crippen molar-refractivity contribution in [3.8, 4) is 0 Å². The average molecular weight is 379 g/mol. The number of amides is 2. The highest BCUT2D eigenvalue weighted by Gasteiger charge is 2.32. The van der Waals surface area contributed by atoms with Crippen molar-refractivity contribution in [1.82, 2.24) is 9.80 Å². The van der Waals surface area contributed by atoms with Gasteiger partial charge in [-0.05, 0) is 30.4 Å². The van der Waals surface area contributed by atoms with E-state index in [-0.39, 0.29) is 11.8 Å². The summed E-state index contributed by atoms with van der Waals surface area (Å²) in [5.74, 6) is 1.17. The molecule has 26 heavy (non-hydrogen) atoms. The molecule has 1 atom stereocenters. The average Bonchev–Trinajstić information content (AvgIpc) is 2.97. The Hall–Kier alpha value is -1.59. The molecular formula is C20H27ClN2O3.